The summed E-state index contributed by atoms with van der Waals surface area (Å²) < 4.78 is 1.10. The first kappa shape index (κ1) is 12.0. The number of halogens is 1. The van der Waals surface area contributed by atoms with E-state index in [-0.39, 0.29) is 12.6 Å². The lowest BCUT2D eigenvalue weighted by Gasteiger charge is -2.30. The topological polar surface area (TPSA) is 23.5 Å². The Morgan fingerprint density at radius 3 is 2.57 bits per heavy atom. The van der Waals surface area contributed by atoms with Crippen molar-refractivity contribution in [2.24, 2.45) is 5.92 Å². The highest BCUT2D eigenvalue weighted by Crippen LogP contribution is 2.29. The lowest BCUT2D eigenvalue weighted by atomic mass is 10.0. The molecule has 0 radical (unpaired) electrons. The third-order valence-corrected chi connectivity index (χ3v) is 4.14. The first-order chi connectivity index (χ1) is 6.56. The molecule has 1 unspecified atom stereocenters. The second-order valence-corrected chi connectivity index (χ2v) is 5.51. The first-order valence-electron chi connectivity index (χ1n) is 4.64. The minimum Gasteiger partial charge on any atom is -0.394 e. The lowest BCUT2D eigenvalue weighted by molar-refractivity contribution is 0.234. The number of thiophene rings is 1. The molecule has 0 aliphatic heterocycles. The summed E-state index contributed by atoms with van der Waals surface area (Å²) in [6.07, 6.45) is 0. The van der Waals surface area contributed by atoms with Gasteiger partial charge in [0.25, 0.3) is 0 Å². The summed E-state index contributed by atoms with van der Waals surface area (Å²) in [7, 11) is 2.03. The van der Waals surface area contributed by atoms with E-state index in [2.05, 4.69) is 46.1 Å². The van der Waals surface area contributed by atoms with Crippen molar-refractivity contribution in [3.05, 3.63) is 15.9 Å². The van der Waals surface area contributed by atoms with Gasteiger partial charge in [0.15, 0.2) is 0 Å². The zero-order valence-corrected chi connectivity index (χ0v) is 11.1. The summed E-state index contributed by atoms with van der Waals surface area (Å²) in [4.78, 5) is 2.14. The van der Waals surface area contributed by atoms with E-state index in [1.165, 1.54) is 5.00 Å². The lowest BCUT2D eigenvalue weighted by Crippen LogP contribution is -2.38. The highest BCUT2D eigenvalue weighted by molar-refractivity contribution is 9.10. The molecule has 80 valence electrons. The van der Waals surface area contributed by atoms with E-state index >= 15 is 0 Å². The summed E-state index contributed by atoms with van der Waals surface area (Å²) >= 11 is 5.12. The molecule has 1 atom stereocenters. The zero-order valence-electron chi connectivity index (χ0n) is 8.70. The Kier molecular flexibility index (Phi) is 4.41. The van der Waals surface area contributed by atoms with E-state index in [9.17, 15) is 5.11 Å². The van der Waals surface area contributed by atoms with Gasteiger partial charge in [-0.15, -0.1) is 11.3 Å². The largest absolute Gasteiger partial charge is 0.394 e. The second-order valence-electron chi connectivity index (χ2n) is 3.71. The number of hydrogen-bond donors (Lipinski definition) is 1. The summed E-state index contributed by atoms with van der Waals surface area (Å²) in [6.45, 7) is 4.45. The van der Waals surface area contributed by atoms with Gasteiger partial charge in [-0.3, -0.25) is 0 Å². The number of likely N-dealkylation sites (N-methyl/N-ethyl adjacent to an activating group) is 1. The molecule has 0 fully saturated rings. The van der Waals surface area contributed by atoms with Crippen LogP contribution < -0.4 is 4.90 Å². The van der Waals surface area contributed by atoms with Gasteiger partial charge in [-0.05, 0) is 27.9 Å². The van der Waals surface area contributed by atoms with Crippen LogP contribution in [0.3, 0.4) is 0 Å². The molecule has 0 aromatic carbocycles. The Morgan fingerprint density at radius 2 is 2.21 bits per heavy atom. The average molecular weight is 278 g/mol. The van der Waals surface area contributed by atoms with E-state index in [1.807, 2.05) is 7.05 Å². The van der Waals surface area contributed by atoms with Gasteiger partial charge >= 0.3 is 0 Å². The van der Waals surface area contributed by atoms with Gasteiger partial charge in [-0.2, -0.15) is 0 Å². The number of hydrogen-bond acceptors (Lipinski definition) is 3. The van der Waals surface area contributed by atoms with Crippen LogP contribution in [0.5, 0.6) is 0 Å². The Hall–Kier alpha value is -0.0600. The van der Waals surface area contributed by atoms with Crippen molar-refractivity contribution in [3.63, 3.8) is 0 Å². The van der Waals surface area contributed by atoms with Gasteiger partial charge < -0.3 is 10.0 Å². The molecule has 0 saturated carbocycles. The van der Waals surface area contributed by atoms with Gasteiger partial charge in [0.05, 0.1) is 17.6 Å². The molecule has 4 heteroatoms. The first-order valence-corrected chi connectivity index (χ1v) is 6.31. The fourth-order valence-electron chi connectivity index (χ4n) is 1.43. The summed E-state index contributed by atoms with van der Waals surface area (Å²) in [5, 5.41) is 12.5. The highest BCUT2D eigenvalue weighted by atomic mass is 79.9. The van der Waals surface area contributed by atoms with Gasteiger partial charge in [0, 0.05) is 16.9 Å². The number of anilines is 1. The predicted octanol–water partition coefficient (Wildman–Crippen LogP) is 2.96. The average Bonchev–Trinajstić information content (AvgIpc) is 2.52. The Bertz CT molecular complexity index is 287. The molecule has 0 amide bonds. The maximum absolute atomic E-state index is 9.29. The molecular formula is C10H16BrNOS. The van der Waals surface area contributed by atoms with E-state index < -0.39 is 0 Å². The second kappa shape index (κ2) is 5.14. The van der Waals surface area contributed by atoms with Crippen LogP contribution in [0.25, 0.3) is 0 Å². The van der Waals surface area contributed by atoms with Crippen LogP contribution in [0.15, 0.2) is 15.9 Å². The van der Waals surface area contributed by atoms with Crippen molar-refractivity contribution in [1.29, 1.82) is 0 Å². The van der Waals surface area contributed by atoms with E-state index in [4.69, 9.17) is 0 Å². The standard InChI is InChI=1S/C10H16BrNOS/c1-7(2)9(5-13)12(3)10-4-8(11)6-14-10/h4,6-7,9,13H,5H2,1-3H3. The van der Waals surface area contributed by atoms with Crippen molar-refractivity contribution in [2.45, 2.75) is 19.9 Å². The van der Waals surface area contributed by atoms with E-state index in [1.54, 1.807) is 11.3 Å². The van der Waals surface area contributed by atoms with Crippen molar-refractivity contribution in [3.8, 4) is 0 Å². The van der Waals surface area contributed by atoms with Gasteiger partial charge in [-0.1, -0.05) is 13.8 Å². The number of nitrogens with zero attached hydrogens (tertiary/aromatic N) is 1. The monoisotopic (exact) mass is 277 g/mol. The van der Waals surface area contributed by atoms with Crippen molar-refractivity contribution >= 4 is 32.3 Å². The molecular weight excluding hydrogens is 262 g/mol. The fourth-order valence-corrected chi connectivity index (χ4v) is 2.88. The fraction of sp³-hybridized carbons (Fsp3) is 0.600. The van der Waals surface area contributed by atoms with Crippen LogP contribution in [0.1, 0.15) is 13.8 Å². The molecule has 1 aromatic rings. The maximum Gasteiger partial charge on any atom is 0.0920 e. The molecule has 0 saturated heterocycles. The molecule has 1 rings (SSSR count). The van der Waals surface area contributed by atoms with E-state index in [0.717, 1.165) is 4.47 Å². The summed E-state index contributed by atoms with van der Waals surface area (Å²) in [5.74, 6) is 0.450. The Balaban J connectivity index is 2.77. The van der Waals surface area contributed by atoms with Crippen LogP contribution in [-0.2, 0) is 0 Å². The molecule has 0 spiro atoms. The summed E-state index contributed by atoms with van der Waals surface area (Å²) in [6, 6.07) is 2.27. The number of aliphatic hydroxyl groups excluding tert-OH is 1. The predicted molar refractivity (Wildman–Crippen MR) is 66.1 cm³/mol. The van der Waals surface area contributed by atoms with Gasteiger partial charge in [-0.25, -0.2) is 0 Å². The highest BCUT2D eigenvalue weighted by Gasteiger charge is 2.18. The Morgan fingerprint density at radius 1 is 1.57 bits per heavy atom. The van der Waals surface area contributed by atoms with Crippen LogP contribution in [0, 0.1) is 5.92 Å². The minimum atomic E-state index is 0.195. The van der Waals surface area contributed by atoms with Gasteiger partial charge in [0.1, 0.15) is 0 Å². The number of rotatable bonds is 4. The number of aliphatic hydroxyl groups is 1. The molecule has 1 aromatic heterocycles. The quantitative estimate of drug-likeness (QED) is 0.915. The van der Waals surface area contributed by atoms with Crippen molar-refractivity contribution in [2.75, 3.05) is 18.6 Å². The smallest absolute Gasteiger partial charge is 0.0920 e. The molecule has 2 nitrogen and oxygen atoms in total. The third-order valence-electron chi connectivity index (χ3n) is 2.36. The molecule has 1 N–H and O–H groups in total. The minimum absolute atomic E-state index is 0.195. The van der Waals surface area contributed by atoms with Crippen LogP contribution in [0.2, 0.25) is 0 Å². The maximum atomic E-state index is 9.29. The van der Waals surface area contributed by atoms with Crippen LogP contribution in [0.4, 0.5) is 5.00 Å². The van der Waals surface area contributed by atoms with Crippen LogP contribution in [-0.4, -0.2) is 24.8 Å². The third kappa shape index (κ3) is 2.72. The van der Waals surface area contributed by atoms with Crippen LogP contribution >= 0.6 is 27.3 Å². The molecule has 0 aliphatic carbocycles. The molecule has 0 aliphatic rings. The van der Waals surface area contributed by atoms with Crippen molar-refractivity contribution in [1.82, 2.24) is 0 Å². The molecule has 0 bridgehead atoms. The molecule has 1 heterocycles. The Labute approximate surface area is 97.7 Å². The van der Waals surface area contributed by atoms with Crippen molar-refractivity contribution < 1.29 is 5.11 Å². The normalized spacial score (nSPS) is 13.3. The van der Waals surface area contributed by atoms with E-state index in [0.29, 0.717) is 5.92 Å². The summed E-state index contributed by atoms with van der Waals surface area (Å²) in [5.41, 5.74) is 0. The van der Waals surface area contributed by atoms with Gasteiger partial charge in [0.2, 0.25) is 0 Å². The zero-order chi connectivity index (χ0) is 10.7. The molecule has 14 heavy (non-hydrogen) atoms. The SMILES string of the molecule is CC(C)C(CO)N(C)c1cc(Br)cs1.